The zero-order chi connectivity index (χ0) is 12.1. The third-order valence-electron chi connectivity index (χ3n) is 3.01. The standard InChI is InChI=1S/C12H19N3OS/c13-6-5-11-14-10(9-17-11)3-4-12(16)15-7-1-2-8-15/h9H,1-8,13H2. The third-order valence-corrected chi connectivity index (χ3v) is 3.97. The lowest BCUT2D eigenvalue weighted by Crippen LogP contribution is -2.27. The Morgan fingerprint density at radius 1 is 1.41 bits per heavy atom. The molecule has 1 aromatic heterocycles. The summed E-state index contributed by atoms with van der Waals surface area (Å²) in [4.78, 5) is 18.3. The van der Waals surface area contributed by atoms with Crippen LogP contribution in [0, 0.1) is 0 Å². The van der Waals surface area contributed by atoms with Crippen molar-refractivity contribution in [3.63, 3.8) is 0 Å². The molecule has 0 aromatic carbocycles. The first-order valence-electron chi connectivity index (χ1n) is 6.20. The molecule has 0 bridgehead atoms. The molecule has 0 saturated carbocycles. The average Bonchev–Trinajstić information content (AvgIpc) is 2.97. The number of nitrogens with zero attached hydrogens (tertiary/aromatic N) is 2. The van der Waals surface area contributed by atoms with Crippen molar-refractivity contribution in [3.05, 3.63) is 16.1 Å². The lowest BCUT2D eigenvalue weighted by molar-refractivity contribution is -0.130. The molecule has 0 radical (unpaired) electrons. The van der Waals surface area contributed by atoms with Gasteiger partial charge in [-0.1, -0.05) is 0 Å². The number of amides is 1. The molecule has 1 amide bonds. The summed E-state index contributed by atoms with van der Waals surface area (Å²) in [5.41, 5.74) is 6.51. The van der Waals surface area contributed by atoms with E-state index in [1.165, 1.54) is 0 Å². The van der Waals surface area contributed by atoms with Gasteiger partial charge in [-0.15, -0.1) is 11.3 Å². The van der Waals surface area contributed by atoms with E-state index in [0.29, 0.717) is 13.0 Å². The van der Waals surface area contributed by atoms with E-state index in [0.717, 1.165) is 49.5 Å². The van der Waals surface area contributed by atoms with E-state index in [9.17, 15) is 4.79 Å². The van der Waals surface area contributed by atoms with Gasteiger partial charge >= 0.3 is 0 Å². The highest BCUT2D eigenvalue weighted by atomic mass is 32.1. The van der Waals surface area contributed by atoms with Gasteiger partial charge in [-0.05, 0) is 25.8 Å². The van der Waals surface area contributed by atoms with Crippen LogP contribution in [0.25, 0.3) is 0 Å². The highest BCUT2D eigenvalue weighted by Crippen LogP contribution is 2.14. The van der Waals surface area contributed by atoms with Gasteiger partial charge in [0, 0.05) is 31.3 Å². The summed E-state index contributed by atoms with van der Waals surface area (Å²) in [6.45, 7) is 2.52. The van der Waals surface area contributed by atoms with Crippen LogP contribution in [-0.4, -0.2) is 35.4 Å². The molecular weight excluding hydrogens is 234 g/mol. The molecule has 2 heterocycles. The Morgan fingerprint density at radius 3 is 2.88 bits per heavy atom. The Morgan fingerprint density at radius 2 is 2.18 bits per heavy atom. The van der Waals surface area contributed by atoms with Crippen molar-refractivity contribution >= 4 is 17.2 Å². The normalized spacial score (nSPS) is 15.5. The smallest absolute Gasteiger partial charge is 0.222 e. The maximum Gasteiger partial charge on any atom is 0.222 e. The molecule has 2 rings (SSSR count). The monoisotopic (exact) mass is 253 g/mol. The Hall–Kier alpha value is -0.940. The van der Waals surface area contributed by atoms with Crippen molar-refractivity contribution in [2.45, 2.75) is 32.1 Å². The van der Waals surface area contributed by atoms with Gasteiger partial charge in [-0.2, -0.15) is 0 Å². The maximum absolute atomic E-state index is 11.8. The van der Waals surface area contributed by atoms with Crippen LogP contribution in [0.15, 0.2) is 5.38 Å². The molecule has 1 aliphatic heterocycles. The van der Waals surface area contributed by atoms with Crippen LogP contribution in [-0.2, 0) is 17.6 Å². The van der Waals surface area contributed by atoms with Gasteiger partial charge < -0.3 is 10.6 Å². The van der Waals surface area contributed by atoms with Crippen LogP contribution in [0.3, 0.4) is 0 Å². The number of carbonyl (C=O) groups is 1. The number of hydrogen-bond acceptors (Lipinski definition) is 4. The molecule has 1 aliphatic rings. The lowest BCUT2D eigenvalue weighted by atomic mass is 10.2. The van der Waals surface area contributed by atoms with Crippen LogP contribution < -0.4 is 5.73 Å². The van der Waals surface area contributed by atoms with E-state index in [2.05, 4.69) is 4.98 Å². The van der Waals surface area contributed by atoms with Crippen molar-refractivity contribution in [2.75, 3.05) is 19.6 Å². The number of carbonyl (C=O) groups excluding carboxylic acids is 1. The molecule has 2 N–H and O–H groups in total. The zero-order valence-corrected chi connectivity index (χ0v) is 10.8. The molecule has 4 nitrogen and oxygen atoms in total. The summed E-state index contributed by atoms with van der Waals surface area (Å²) in [6.07, 6.45) is 4.50. The number of aromatic nitrogens is 1. The van der Waals surface area contributed by atoms with E-state index < -0.39 is 0 Å². The Balaban J connectivity index is 1.78. The Kier molecular flexibility index (Phi) is 4.50. The molecule has 5 heteroatoms. The van der Waals surface area contributed by atoms with Gasteiger partial charge in [-0.3, -0.25) is 4.79 Å². The van der Waals surface area contributed by atoms with Gasteiger partial charge in [-0.25, -0.2) is 4.98 Å². The van der Waals surface area contributed by atoms with E-state index in [1.54, 1.807) is 11.3 Å². The third kappa shape index (κ3) is 3.51. The zero-order valence-electron chi connectivity index (χ0n) is 10.0. The van der Waals surface area contributed by atoms with Crippen molar-refractivity contribution in [1.82, 2.24) is 9.88 Å². The van der Waals surface area contributed by atoms with Gasteiger partial charge in [0.2, 0.25) is 5.91 Å². The fourth-order valence-electron chi connectivity index (χ4n) is 2.06. The lowest BCUT2D eigenvalue weighted by Gasteiger charge is -2.14. The van der Waals surface area contributed by atoms with Gasteiger partial charge in [0.05, 0.1) is 10.7 Å². The fraction of sp³-hybridized carbons (Fsp3) is 0.667. The molecule has 1 fully saturated rings. The highest BCUT2D eigenvalue weighted by Gasteiger charge is 2.17. The van der Waals surface area contributed by atoms with Crippen molar-refractivity contribution in [1.29, 1.82) is 0 Å². The van der Waals surface area contributed by atoms with Gasteiger partial charge in [0.25, 0.3) is 0 Å². The summed E-state index contributed by atoms with van der Waals surface area (Å²) in [5, 5.41) is 3.12. The van der Waals surface area contributed by atoms with E-state index in [4.69, 9.17) is 5.73 Å². The molecule has 0 aliphatic carbocycles. The summed E-state index contributed by atoms with van der Waals surface area (Å²) < 4.78 is 0. The molecule has 0 unspecified atom stereocenters. The minimum Gasteiger partial charge on any atom is -0.343 e. The van der Waals surface area contributed by atoms with Crippen molar-refractivity contribution in [2.24, 2.45) is 5.73 Å². The molecule has 1 aromatic rings. The largest absolute Gasteiger partial charge is 0.343 e. The predicted octanol–water partition coefficient (Wildman–Crippen LogP) is 1.20. The van der Waals surface area contributed by atoms with Crippen LogP contribution in [0.5, 0.6) is 0 Å². The predicted molar refractivity (Wildman–Crippen MR) is 69.0 cm³/mol. The fourth-order valence-corrected chi connectivity index (χ4v) is 2.91. The summed E-state index contributed by atoms with van der Waals surface area (Å²) in [5.74, 6) is 0.274. The molecule has 94 valence electrons. The second kappa shape index (κ2) is 6.12. The quantitative estimate of drug-likeness (QED) is 0.857. The highest BCUT2D eigenvalue weighted by molar-refractivity contribution is 7.09. The molecule has 1 saturated heterocycles. The van der Waals surface area contributed by atoms with Crippen LogP contribution in [0.2, 0.25) is 0 Å². The number of hydrogen-bond donors (Lipinski definition) is 1. The molecular formula is C12H19N3OS. The van der Waals surface area contributed by atoms with E-state index >= 15 is 0 Å². The summed E-state index contributed by atoms with van der Waals surface area (Å²) >= 11 is 1.64. The second-order valence-electron chi connectivity index (χ2n) is 4.36. The molecule has 0 atom stereocenters. The van der Waals surface area contributed by atoms with Crippen LogP contribution in [0.1, 0.15) is 30.0 Å². The van der Waals surface area contributed by atoms with Gasteiger partial charge in [0.1, 0.15) is 0 Å². The Bertz CT molecular complexity index is 372. The summed E-state index contributed by atoms with van der Waals surface area (Å²) in [7, 11) is 0. The second-order valence-corrected chi connectivity index (χ2v) is 5.30. The SMILES string of the molecule is NCCc1nc(CCC(=O)N2CCCC2)cs1. The number of thiazole rings is 1. The van der Waals surface area contributed by atoms with Crippen LogP contribution >= 0.6 is 11.3 Å². The first kappa shape index (κ1) is 12.5. The molecule has 17 heavy (non-hydrogen) atoms. The number of likely N-dealkylation sites (tertiary alicyclic amines) is 1. The number of rotatable bonds is 5. The molecule has 0 spiro atoms. The van der Waals surface area contributed by atoms with Crippen molar-refractivity contribution < 1.29 is 4.79 Å². The van der Waals surface area contributed by atoms with E-state index in [-0.39, 0.29) is 5.91 Å². The number of aryl methyl sites for hydroxylation is 1. The van der Waals surface area contributed by atoms with Crippen LogP contribution in [0.4, 0.5) is 0 Å². The van der Waals surface area contributed by atoms with E-state index in [1.807, 2.05) is 10.3 Å². The minimum atomic E-state index is 0.274. The summed E-state index contributed by atoms with van der Waals surface area (Å²) in [6, 6.07) is 0. The average molecular weight is 253 g/mol. The van der Waals surface area contributed by atoms with Gasteiger partial charge in [0.15, 0.2) is 0 Å². The minimum absolute atomic E-state index is 0.274. The first-order chi connectivity index (χ1) is 8.29. The number of nitrogens with two attached hydrogens (primary N) is 1. The Labute approximate surface area is 106 Å². The maximum atomic E-state index is 11.8. The van der Waals surface area contributed by atoms with Crippen molar-refractivity contribution in [3.8, 4) is 0 Å². The topological polar surface area (TPSA) is 59.2 Å². The first-order valence-corrected chi connectivity index (χ1v) is 7.08.